The smallest absolute Gasteiger partial charge is 0.267 e. The molecule has 1 aliphatic carbocycles. The number of fused-ring (bicyclic) bond motifs is 3. The zero-order valence-corrected chi connectivity index (χ0v) is 28.0. The van der Waals surface area contributed by atoms with Gasteiger partial charge >= 0.3 is 0 Å². The number of carbonyl (C=O) groups excluding carboxylic acids is 2. The van der Waals surface area contributed by atoms with Crippen LogP contribution in [0.4, 0.5) is 0 Å². The van der Waals surface area contributed by atoms with E-state index in [-0.39, 0.29) is 24.9 Å². The molecule has 2 amide bonds. The van der Waals surface area contributed by atoms with Crippen molar-refractivity contribution in [1.82, 2.24) is 41.5 Å². The third-order valence-electron chi connectivity index (χ3n) is 8.64. The van der Waals surface area contributed by atoms with Crippen molar-refractivity contribution in [3.05, 3.63) is 41.7 Å². The van der Waals surface area contributed by atoms with E-state index < -0.39 is 59.4 Å². The van der Waals surface area contributed by atoms with Crippen LogP contribution >= 0.6 is 75.3 Å². The monoisotopic (exact) mass is 846 g/mol. The van der Waals surface area contributed by atoms with E-state index in [0.717, 1.165) is 0 Å². The van der Waals surface area contributed by atoms with Gasteiger partial charge in [-0.3, -0.25) is 25.5 Å². The Bertz CT molecular complexity index is 1360. The van der Waals surface area contributed by atoms with Gasteiger partial charge in [-0.1, -0.05) is 0 Å². The van der Waals surface area contributed by atoms with Crippen molar-refractivity contribution in [2.24, 2.45) is 29.2 Å². The van der Waals surface area contributed by atoms with Crippen molar-refractivity contribution >= 4 is 87.1 Å². The lowest BCUT2D eigenvalue weighted by molar-refractivity contribution is -0.0680. The number of alkyl halides is 1. The number of nitrogens with one attached hydrogen (secondary N) is 7. The van der Waals surface area contributed by atoms with Crippen LogP contribution in [-0.4, -0.2) is 91.6 Å². The molecule has 41 heavy (non-hydrogen) atoms. The molecule has 13 N–H and O–H groups in total. The van der Waals surface area contributed by atoms with Crippen molar-refractivity contribution in [2.45, 2.75) is 41.6 Å². The summed E-state index contributed by atoms with van der Waals surface area (Å²) in [6.45, 7) is 0.139. The van der Waals surface area contributed by atoms with Crippen molar-refractivity contribution in [2.75, 3.05) is 13.1 Å². The molecule has 4 aliphatic rings. The van der Waals surface area contributed by atoms with Gasteiger partial charge in [-0.15, -0.1) is 11.6 Å². The second-order valence-electron chi connectivity index (χ2n) is 10.6. The standard InChI is InChI=1S/C22H27Br4ClN10O4/c23-7-1-9(32-13(7)25)15(38)30-3-5-6(4-31-16(39)10-2-8(24)14(26)33-10)12(27)21-11(5)22(41)17(34-19(28)36-22)37(21)20(29)35-18(21)40/h1-2,5-6,11-12,17-20,32-36,40-41H,3-4,28-29H2,(H,30,38)(H,31,39)/t5-,6-,11+,12+,17+,18+,19?,20?,21+,22+/m1/s1. The van der Waals surface area contributed by atoms with Gasteiger partial charge in [0.1, 0.15) is 36.4 Å². The summed E-state index contributed by atoms with van der Waals surface area (Å²) in [4.78, 5) is 33.8. The Morgan fingerprint density at radius 1 is 0.976 bits per heavy atom. The molecule has 3 aliphatic heterocycles. The Hall–Kier alpha value is -0.610. The summed E-state index contributed by atoms with van der Waals surface area (Å²) in [5, 5.41) is 37.7. The molecule has 19 heteroatoms. The number of hydrogen-bond donors (Lipinski definition) is 11. The molecule has 10 atom stereocenters. The second-order valence-corrected chi connectivity index (χ2v) is 14.4. The lowest BCUT2D eigenvalue weighted by Gasteiger charge is -2.40. The van der Waals surface area contributed by atoms with E-state index in [1.54, 1.807) is 17.0 Å². The van der Waals surface area contributed by atoms with Crippen LogP contribution in [-0.2, 0) is 0 Å². The highest BCUT2D eigenvalue weighted by Gasteiger charge is 2.82. The number of halogens is 5. The second kappa shape index (κ2) is 10.8. The normalized spacial score (nSPS) is 39.5. The largest absolute Gasteiger partial charge is 0.376 e. The number of nitrogens with zero attached hydrogens (tertiary/aromatic N) is 1. The number of H-pyrrole nitrogens is 2. The molecule has 2 aromatic rings. The van der Waals surface area contributed by atoms with Gasteiger partial charge in [0.25, 0.3) is 11.8 Å². The van der Waals surface area contributed by atoms with Crippen LogP contribution in [0.1, 0.15) is 21.0 Å². The van der Waals surface area contributed by atoms with Crippen molar-refractivity contribution in [3.8, 4) is 0 Å². The maximum Gasteiger partial charge on any atom is 0.267 e. The topological polar surface area (TPSA) is 222 Å². The first-order valence-electron chi connectivity index (χ1n) is 12.6. The summed E-state index contributed by atoms with van der Waals surface area (Å²) >= 11 is 20.7. The van der Waals surface area contributed by atoms with Crippen LogP contribution in [0.5, 0.6) is 0 Å². The molecule has 2 unspecified atom stereocenters. The number of nitrogens with two attached hydrogens (primary N) is 2. The van der Waals surface area contributed by atoms with Crippen LogP contribution in [0, 0.1) is 17.8 Å². The first-order valence-corrected chi connectivity index (χ1v) is 16.2. The third kappa shape index (κ3) is 4.52. The van der Waals surface area contributed by atoms with Crippen LogP contribution in [0.25, 0.3) is 0 Å². The Labute approximate surface area is 272 Å². The molecular formula is C22H27Br4ClN10O4. The third-order valence-corrected chi connectivity index (χ3v) is 12.9. The van der Waals surface area contributed by atoms with Gasteiger partial charge in [0.05, 0.1) is 29.1 Å². The minimum atomic E-state index is -1.67. The summed E-state index contributed by atoms with van der Waals surface area (Å²) in [6.07, 6.45) is -3.66. The summed E-state index contributed by atoms with van der Waals surface area (Å²) in [5.74, 6) is -2.62. The van der Waals surface area contributed by atoms with E-state index in [1.165, 1.54) is 0 Å². The molecule has 0 bridgehead atoms. The number of carbonyl (C=O) groups is 2. The van der Waals surface area contributed by atoms with Crippen LogP contribution in [0.15, 0.2) is 30.3 Å². The summed E-state index contributed by atoms with van der Waals surface area (Å²) < 4.78 is 2.59. The molecule has 0 aromatic carbocycles. The summed E-state index contributed by atoms with van der Waals surface area (Å²) in [5.41, 5.74) is 10.2. The number of aliphatic hydroxyl groups excluding tert-OH is 1. The van der Waals surface area contributed by atoms with E-state index >= 15 is 0 Å². The molecule has 5 heterocycles. The van der Waals surface area contributed by atoms with E-state index in [2.05, 4.69) is 100 Å². The van der Waals surface area contributed by atoms with Crippen molar-refractivity contribution in [3.63, 3.8) is 0 Å². The molecule has 14 nitrogen and oxygen atoms in total. The Balaban J connectivity index is 1.35. The molecule has 224 valence electrons. The predicted octanol–water partition coefficient (Wildman–Crippen LogP) is -0.310. The molecule has 1 spiro atoms. The van der Waals surface area contributed by atoms with Crippen LogP contribution in [0.2, 0.25) is 0 Å². The van der Waals surface area contributed by atoms with Crippen LogP contribution < -0.4 is 38.1 Å². The molecule has 1 saturated carbocycles. The summed E-state index contributed by atoms with van der Waals surface area (Å²) in [6, 6.07) is 3.27. The molecule has 2 aromatic heterocycles. The van der Waals surface area contributed by atoms with Gasteiger partial charge in [-0.05, 0) is 87.7 Å². The summed E-state index contributed by atoms with van der Waals surface area (Å²) in [7, 11) is 0. The fourth-order valence-corrected chi connectivity index (χ4v) is 9.13. The number of hydrogen-bond acceptors (Lipinski definition) is 10. The molecule has 0 radical (unpaired) electrons. The average Bonchev–Trinajstić information content (AvgIpc) is 3.67. The SMILES string of the molecule is NC1N[C@H]2N3C(N)N[C@@H](O)[C@@]34[C@H]([C@H](CNC(=O)c3cc(Br)c(Br)[nH]3)[C@@H](CNC(=O)c3cc(Br)c(Br)[nH]3)[C@@H]4Cl)[C@@]2(O)N1. The van der Waals surface area contributed by atoms with E-state index in [1.807, 2.05) is 0 Å². The van der Waals surface area contributed by atoms with Crippen LogP contribution in [0.3, 0.4) is 0 Å². The molecule has 6 rings (SSSR count). The predicted molar refractivity (Wildman–Crippen MR) is 162 cm³/mol. The Kier molecular flexibility index (Phi) is 8.00. The van der Waals surface area contributed by atoms with Crippen molar-refractivity contribution in [1.29, 1.82) is 0 Å². The van der Waals surface area contributed by atoms with Gasteiger partial charge in [0.15, 0.2) is 5.72 Å². The number of aromatic nitrogens is 2. The van der Waals surface area contributed by atoms with Gasteiger partial charge in [-0.2, -0.15) is 0 Å². The van der Waals surface area contributed by atoms with E-state index in [9.17, 15) is 19.8 Å². The van der Waals surface area contributed by atoms with E-state index in [4.69, 9.17) is 23.1 Å². The number of aromatic amines is 2. The number of amides is 2. The lowest BCUT2D eigenvalue weighted by atomic mass is 9.77. The van der Waals surface area contributed by atoms with Crippen molar-refractivity contribution < 1.29 is 19.8 Å². The van der Waals surface area contributed by atoms with Gasteiger partial charge < -0.3 is 42.3 Å². The molecular weight excluding hydrogens is 823 g/mol. The minimum Gasteiger partial charge on any atom is -0.376 e. The highest BCUT2D eigenvalue weighted by Crippen LogP contribution is 2.63. The average molecular weight is 851 g/mol. The maximum absolute atomic E-state index is 13.1. The first-order chi connectivity index (χ1) is 19.3. The van der Waals surface area contributed by atoms with Gasteiger partial charge in [0, 0.05) is 19.0 Å². The quantitative estimate of drug-likeness (QED) is 0.170. The lowest BCUT2D eigenvalue weighted by Crippen LogP contribution is -2.63. The number of aliphatic hydroxyl groups is 2. The zero-order chi connectivity index (χ0) is 29.6. The molecule has 3 saturated heterocycles. The fourth-order valence-electron chi connectivity index (χ4n) is 7.17. The Morgan fingerprint density at radius 3 is 2.02 bits per heavy atom. The van der Waals surface area contributed by atoms with Gasteiger partial charge in [-0.25, -0.2) is 4.90 Å². The van der Waals surface area contributed by atoms with Gasteiger partial charge in [0.2, 0.25) is 0 Å². The maximum atomic E-state index is 13.1. The number of rotatable bonds is 6. The minimum absolute atomic E-state index is 0.0601. The fraction of sp³-hybridized carbons (Fsp3) is 0.545. The van der Waals surface area contributed by atoms with E-state index in [0.29, 0.717) is 29.5 Å². The zero-order valence-electron chi connectivity index (χ0n) is 20.9. The first kappa shape index (κ1) is 30.4. The Morgan fingerprint density at radius 2 is 1.51 bits per heavy atom. The molecule has 4 fully saturated rings. The highest BCUT2D eigenvalue weighted by molar-refractivity contribution is 9.13. The highest BCUT2D eigenvalue weighted by atomic mass is 79.9.